The van der Waals surface area contributed by atoms with Gasteiger partial charge in [-0.3, -0.25) is 9.89 Å². The van der Waals surface area contributed by atoms with Gasteiger partial charge in [-0.15, -0.1) is 0 Å². The maximum atomic E-state index is 12.1. The molecule has 0 bridgehead atoms. The standard InChI is InChI=1S/C17H17N5O/c18-16-13-6-5-11(9-14(13)20-21-16)22-8-7-10-3-1-2-4-12(10)15(22)17(19)23/h1-6,9,15H,7-8H2,(H2,19,23)(H3,18,20,21)/t15-/m0/s1. The van der Waals surface area contributed by atoms with Crippen LogP contribution in [0.2, 0.25) is 0 Å². The van der Waals surface area contributed by atoms with E-state index >= 15 is 0 Å². The van der Waals surface area contributed by atoms with Crippen molar-refractivity contribution in [2.75, 3.05) is 17.2 Å². The number of aromatic nitrogens is 2. The summed E-state index contributed by atoms with van der Waals surface area (Å²) in [5.41, 5.74) is 15.5. The first-order valence-corrected chi connectivity index (χ1v) is 7.52. The SMILES string of the molecule is NC(=O)[C@@H]1c2ccccc2CCN1c1ccc2c(N)n[nH]c2c1. The number of nitrogens with zero attached hydrogens (tertiary/aromatic N) is 2. The predicted molar refractivity (Wildman–Crippen MR) is 89.9 cm³/mol. The number of rotatable bonds is 2. The van der Waals surface area contributed by atoms with Crippen LogP contribution < -0.4 is 16.4 Å². The lowest BCUT2D eigenvalue weighted by atomic mass is 9.91. The minimum absolute atomic E-state index is 0.346. The van der Waals surface area contributed by atoms with Gasteiger partial charge in [0.25, 0.3) is 0 Å². The van der Waals surface area contributed by atoms with Gasteiger partial charge in [0.15, 0.2) is 5.82 Å². The molecule has 2 aromatic carbocycles. The zero-order chi connectivity index (χ0) is 16.0. The summed E-state index contributed by atoms with van der Waals surface area (Å²) in [5.74, 6) is 0.128. The summed E-state index contributed by atoms with van der Waals surface area (Å²) >= 11 is 0. The molecule has 0 saturated heterocycles. The van der Waals surface area contributed by atoms with Crippen LogP contribution in [0.25, 0.3) is 10.9 Å². The Labute approximate surface area is 133 Å². The molecule has 6 nitrogen and oxygen atoms in total. The molecule has 0 aliphatic carbocycles. The monoisotopic (exact) mass is 307 g/mol. The minimum atomic E-state index is -0.460. The number of carbonyl (C=O) groups is 1. The Morgan fingerprint density at radius 1 is 1.26 bits per heavy atom. The first-order valence-electron chi connectivity index (χ1n) is 7.52. The van der Waals surface area contributed by atoms with Crippen LogP contribution in [0.3, 0.4) is 0 Å². The number of hydrogen-bond acceptors (Lipinski definition) is 4. The average molecular weight is 307 g/mol. The summed E-state index contributed by atoms with van der Waals surface area (Å²) in [4.78, 5) is 14.2. The number of anilines is 2. The van der Waals surface area contributed by atoms with Crippen LogP contribution in [0, 0.1) is 0 Å². The van der Waals surface area contributed by atoms with Gasteiger partial charge in [-0.25, -0.2) is 0 Å². The smallest absolute Gasteiger partial charge is 0.244 e. The number of fused-ring (bicyclic) bond motifs is 2. The summed E-state index contributed by atoms with van der Waals surface area (Å²) in [6.07, 6.45) is 0.878. The molecule has 1 atom stereocenters. The Hall–Kier alpha value is -3.02. The topological polar surface area (TPSA) is 101 Å². The lowest BCUT2D eigenvalue weighted by molar-refractivity contribution is -0.119. The highest BCUT2D eigenvalue weighted by atomic mass is 16.1. The second-order valence-corrected chi connectivity index (χ2v) is 5.79. The second-order valence-electron chi connectivity index (χ2n) is 5.79. The summed E-state index contributed by atoms with van der Waals surface area (Å²) in [6, 6.07) is 13.3. The molecule has 1 aliphatic rings. The molecule has 1 amide bonds. The van der Waals surface area contributed by atoms with Crippen molar-refractivity contribution in [2.45, 2.75) is 12.5 Å². The van der Waals surface area contributed by atoms with Crippen LogP contribution >= 0.6 is 0 Å². The average Bonchev–Trinajstić information content (AvgIpc) is 2.94. The molecule has 0 radical (unpaired) electrons. The maximum absolute atomic E-state index is 12.1. The number of carbonyl (C=O) groups excluding carboxylic acids is 1. The highest BCUT2D eigenvalue weighted by Crippen LogP contribution is 2.35. The van der Waals surface area contributed by atoms with Crippen molar-refractivity contribution in [3.63, 3.8) is 0 Å². The lowest BCUT2D eigenvalue weighted by Crippen LogP contribution is -2.42. The fourth-order valence-corrected chi connectivity index (χ4v) is 3.36. The minimum Gasteiger partial charge on any atom is -0.382 e. The number of amides is 1. The Balaban J connectivity index is 1.81. The highest BCUT2D eigenvalue weighted by molar-refractivity contribution is 5.92. The number of nitrogen functional groups attached to an aromatic ring is 1. The molecule has 4 rings (SSSR count). The van der Waals surface area contributed by atoms with E-state index < -0.39 is 6.04 Å². The fraction of sp³-hybridized carbons (Fsp3) is 0.176. The van der Waals surface area contributed by atoms with Crippen LogP contribution in [0.1, 0.15) is 17.2 Å². The molecule has 6 heteroatoms. The second kappa shape index (κ2) is 5.01. The third-order valence-corrected chi connectivity index (χ3v) is 4.46. The Morgan fingerprint density at radius 2 is 2.09 bits per heavy atom. The number of aromatic amines is 1. The number of primary amides is 1. The quantitative estimate of drug-likeness (QED) is 0.671. The fourth-order valence-electron chi connectivity index (χ4n) is 3.36. The van der Waals surface area contributed by atoms with Gasteiger partial charge < -0.3 is 16.4 Å². The van der Waals surface area contributed by atoms with E-state index in [2.05, 4.69) is 16.3 Å². The van der Waals surface area contributed by atoms with Gasteiger partial charge in [0.1, 0.15) is 6.04 Å². The molecule has 1 aliphatic heterocycles. The van der Waals surface area contributed by atoms with Crippen LogP contribution in [0.4, 0.5) is 11.5 Å². The Bertz CT molecular complexity index is 901. The first kappa shape index (κ1) is 13.6. The van der Waals surface area contributed by atoms with Gasteiger partial charge in [0.05, 0.1) is 5.52 Å². The van der Waals surface area contributed by atoms with Crippen molar-refractivity contribution < 1.29 is 4.79 Å². The molecule has 0 saturated carbocycles. The van der Waals surface area contributed by atoms with E-state index in [-0.39, 0.29) is 5.91 Å². The summed E-state index contributed by atoms with van der Waals surface area (Å²) in [7, 11) is 0. The summed E-state index contributed by atoms with van der Waals surface area (Å²) in [6.45, 7) is 0.736. The first-order chi connectivity index (χ1) is 11.1. The lowest BCUT2D eigenvalue weighted by Gasteiger charge is -2.37. The van der Waals surface area contributed by atoms with E-state index in [9.17, 15) is 4.79 Å². The van der Waals surface area contributed by atoms with E-state index in [1.54, 1.807) is 0 Å². The molecule has 1 aromatic heterocycles. The summed E-state index contributed by atoms with van der Waals surface area (Å²) in [5, 5.41) is 7.80. The molecule has 2 heterocycles. The zero-order valence-corrected chi connectivity index (χ0v) is 12.5. The Kier molecular flexibility index (Phi) is 2.97. The van der Waals surface area contributed by atoms with Gasteiger partial charge >= 0.3 is 0 Å². The highest BCUT2D eigenvalue weighted by Gasteiger charge is 2.31. The molecule has 23 heavy (non-hydrogen) atoms. The van der Waals surface area contributed by atoms with Gasteiger partial charge in [0.2, 0.25) is 5.91 Å². The maximum Gasteiger partial charge on any atom is 0.244 e. The molecule has 3 aromatic rings. The van der Waals surface area contributed by atoms with Gasteiger partial charge in [-0.2, -0.15) is 5.10 Å². The molecule has 0 spiro atoms. The van der Waals surface area contributed by atoms with Gasteiger partial charge in [-0.1, -0.05) is 24.3 Å². The Morgan fingerprint density at radius 3 is 2.91 bits per heavy atom. The number of nitrogens with two attached hydrogens (primary N) is 2. The number of benzene rings is 2. The largest absolute Gasteiger partial charge is 0.382 e. The van der Waals surface area contributed by atoms with Crippen molar-refractivity contribution in [1.29, 1.82) is 0 Å². The van der Waals surface area contributed by atoms with Crippen LogP contribution in [0.15, 0.2) is 42.5 Å². The summed E-state index contributed by atoms with van der Waals surface area (Å²) < 4.78 is 0. The molecule has 116 valence electrons. The molecule has 5 N–H and O–H groups in total. The molecular formula is C17H17N5O. The third kappa shape index (κ3) is 2.11. The van der Waals surface area contributed by atoms with Crippen LogP contribution in [-0.2, 0) is 11.2 Å². The van der Waals surface area contributed by atoms with Crippen molar-refractivity contribution in [2.24, 2.45) is 5.73 Å². The van der Waals surface area contributed by atoms with Crippen molar-refractivity contribution in [1.82, 2.24) is 10.2 Å². The van der Waals surface area contributed by atoms with E-state index in [0.29, 0.717) is 5.82 Å². The van der Waals surface area contributed by atoms with E-state index in [1.807, 2.05) is 41.3 Å². The van der Waals surface area contributed by atoms with E-state index in [0.717, 1.165) is 35.1 Å². The molecular weight excluding hydrogens is 290 g/mol. The number of hydrogen-bond donors (Lipinski definition) is 3. The van der Waals surface area contributed by atoms with Gasteiger partial charge in [0, 0.05) is 17.6 Å². The molecule has 0 unspecified atom stereocenters. The normalized spacial score (nSPS) is 17.2. The molecule has 0 fully saturated rings. The van der Waals surface area contributed by atoms with Gasteiger partial charge in [-0.05, 0) is 35.7 Å². The number of H-pyrrole nitrogens is 1. The van der Waals surface area contributed by atoms with E-state index in [1.165, 1.54) is 5.56 Å². The van der Waals surface area contributed by atoms with E-state index in [4.69, 9.17) is 11.5 Å². The van der Waals surface area contributed by atoms with Crippen LogP contribution in [0.5, 0.6) is 0 Å². The number of nitrogens with one attached hydrogen (secondary N) is 1. The predicted octanol–water partition coefficient (Wildman–Crippen LogP) is 1.73. The van der Waals surface area contributed by atoms with Crippen LogP contribution in [-0.4, -0.2) is 22.6 Å². The zero-order valence-electron chi connectivity index (χ0n) is 12.5. The van der Waals surface area contributed by atoms with Crippen molar-refractivity contribution >= 4 is 28.3 Å². The third-order valence-electron chi connectivity index (χ3n) is 4.46. The van der Waals surface area contributed by atoms with Crippen molar-refractivity contribution in [3.8, 4) is 0 Å². The van der Waals surface area contributed by atoms with Crippen molar-refractivity contribution in [3.05, 3.63) is 53.6 Å².